The Morgan fingerprint density at radius 3 is 2.45 bits per heavy atom. The van der Waals surface area contributed by atoms with Crippen molar-refractivity contribution in [2.24, 2.45) is 5.92 Å². The second-order valence-corrected chi connectivity index (χ2v) is 4.95. The fourth-order valence-corrected chi connectivity index (χ4v) is 1.94. The lowest BCUT2D eigenvalue weighted by Crippen LogP contribution is -2.42. The van der Waals surface area contributed by atoms with Crippen LogP contribution < -0.4 is 10.6 Å². The van der Waals surface area contributed by atoms with Gasteiger partial charge in [-0.2, -0.15) is 0 Å². The Morgan fingerprint density at radius 2 is 1.95 bits per heavy atom. The molecule has 1 saturated heterocycles. The minimum atomic E-state index is -1.14. The van der Waals surface area contributed by atoms with Crippen LogP contribution in [0.25, 0.3) is 0 Å². The van der Waals surface area contributed by atoms with Crippen molar-refractivity contribution in [3.8, 4) is 0 Å². The van der Waals surface area contributed by atoms with Crippen LogP contribution in [-0.4, -0.2) is 64.8 Å². The molecule has 1 fully saturated rings. The topological polar surface area (TPSA) is 128 Å². The Balaban J connectivity index is 2.31. The molecule has 0 radical (unpaired) electrons. The van der Waals surface area contributed by atoms with E-state index in [1.807, 2.05) is 0 Å². The predicted octanol–water partition coefficient (Wildman–Crippen LogP) is -2.30. The number of hydrogen-bond acceptors (Lipinski definition) is 7. The number of nitrogens with one attached hydrogen (secondary N) is 2. The van der Waals surface area contributed by atoms with Crippen molar-refractivity contribution in [1.29, 1.82) is 0 Å². The van der Waals surface area contributed by atoms with Crippen molar-refractivity contribution >= 4 is 11.8 Å². The minimum Gasteiger partial charge on any atom is -0.394 e. The van der Waals surface area contributed by atoms with Crippen LogP contribution in [0.3, 0.4) is 0 Å². The molecule has 116 valence electrons. The first-order valence-electron chi connectivity index (χ1n) is 6.54. The first kappa shape index (κ1) is 17.0. The summed E-state index contributed by atoms with van der Waals surface area (Å²) in [5.74, 6) is -1.14. The molecule has 0 spiro atoms. The number of imide groups is 1. The van der Waals surface area contributed by atoms with Crippen molar-refractivity contribution in [3.05, 3.63) is 0 Å². The highest BCUT2D eigenvalue weighted by Gasteiger charge is 2.41. The summed E-state index contributed by atoms with van der Waals surface area (Å²) in [6, 6.07) is 0. The first-order valence-corrected chi connectivity index (χ1v) is 6.54. The van der Waals surface area contributed by atoms with Gasteiger partial charge in [-0.1, -0.05) is 6.92 Å². The monoisotopic (exact) mass is 290 g/mol. The summed E-state index contributed by atoms with van der Waals surface area (Å²) in [6.07, 6.45) is -3.44. The maximum absolute atomic E-state index is 11.5. The maximum Gasteiger partial charge on any atom is 0.229 e. The highest BCUT2D eigenvalue weighted by Crippen LogP contribution is 2.19. The summed E-state index contributed by atoms with van der Waals surface area (Å²) in [6.45, 7) is 2.92. The molecular weight excluding hydrogens is 268 g/mol. The zero-order chi connectivity index (χ0) is 15.3. The van der Waals surface area contributed by atoms with Gasteiger partial charge in [0.15, 0.2) is 0 Å². The number of aliphatic hydroxyl groups is 3. The van der Waals surface area contributed by atoms with E-state index in [0.29, 0.717) is 13.0 Å². The van der Waals surface area contributed by atoms with E-state index in [1.54, 1.807) is 6.92 Å². The largest absolute Gasteiger partial charge is 0.394 e. The predicted molar refractivity (Wildman–Crippen MR) is 68.4 cm³/mol. The van der Waals surface area contributed by atoms with E-state index < -0.39 is 30.4 Å². The Morgan fingerprint density at radius 1 is 1.30 bits per heavy atom. The summed E-state index contributed by atoms with van der Waals surface area (Å²) in [4.78, 5) is 22.2. The zero-order valence-corrected chi connectivity index (χ0v) is 11.6. The Bertz CT molecular complexity index is 351. The van der Waals surface area contributed by atoms with Gasteiger partial charge in [0, 0.05) is 12.8 Å². The third kappa shape index (κ3) is 4.50. The molecule has 8 heteroatoms. The lowest BCUT2D eigenvalue weighted by Gasteiger charge is -2.17. The van der Waals surface area contributed by atoms with E-state index in [-0.39, 0.29) is 18.4 Å². The van der Waals surface area contributed by atoms with Crippen LogP contribution >= 0.6 is 0 Å². The first-order chi connectivity index (χ1) is 9.36. The molecular formula is C12H22N2O6. The number of hydrogen-bond donors (Lipinski definition) is 5. The average molecular weight is 290 g/mol. The van der Waals surface area contributed by atoms with Crippen molar-refractivity contribution in [1.82, 2.24) is 10.6 Å². The zero-order valence-electron chi connectivity index (χ0n) is 11.6. The molecule has 3 unspecified atom stereocenters. The molecule has 20 heavy (non-hydrogen) atoms. The second kappa shape index (κ2) is 7.65. The third-order valence-corrected chi connectivity index (χ3v) is 3.21. The summed E-state index contributed by atoms with van der Waals surface area (Å²) in [5.41, 5.74) is 0. The number of carbonyl (C=O) groups excluding carboxylic acids is 2. The van der Waals surface area contributed by atoms with E-state index in [0.717, 1.165) is 0 Å². The second-order valence-electron chi connectivity index (χ2n) is 4.95. The molecule has 0 aromatic carbocycles. The molecule has 0 aliphatic carbocycles. The van der Waals surface area contributed by atoms with Gasteiger partial charge in [-0.15, -0.1) is 0 Å². The van der Waals surface area contributed by atoms with Crippen LogP contribution in [-0.2, 0) is 14.3 Å². The fraction of sp³-hybridized carbons (Fsp3) is 0.833. The van der Waals surface area contributed by atoms with E-state index >= 15 is 0 Å². The normalized spacial score (nSPS) is 31.1. The van der Waals surface area contributed by atoms with Crippen molar-refractivity contribution < 1.29 is 29.6 Å². The molecule has 5 atom stereocenters. The Kier molecular flexibility index (Phi) is 6.50. The minimum absolute atomic E-state index is 0.360. The van der Waals surface area contributed by atoms with Crippen molar-refractivity contribution in [2.45, 2.75) is 44.8 Å². The SMILES string of the molecule is CC(=O)NC(=O)C(C)CCN[C@@H]1O[C@H](CO)C(O)C1O. The van der Waals surface area contributed by atoms with E-state index in [4.69, 9.17) is 9.84 Å². The molecule has 0 aromatic rings. The van der Waals surface area contributed by atoms with Crippen molar-refractivity contribution in [3.63, 3.8) is 0 Å². The molecule has 2 amide bonds. The highest BCUT2D eigenvalue weighted by atomic mass is 16.6. The quantitative estimate of drug-likeness (QED) is 0.372. The molecule has 1 rings (SSSR count). The number of aliphatic hydroxyl groups excluding tert-OH is 3. The van der Waals surface area contributed by atoms with Crippen LogP contribution in [0, 0.1) is 5.92 Å². The standard InChI is InChI=1S/C12H22N2O6/c1-6(11(19)14-7(2)16)3-4-13-12-10(18)9(17)8(5-15)20-12/h6,8-10,12-13,15,17-18H,3-5H2,1-2H3,(H,14,16,19)/t6?,8-,9?,10?,12-/m1/s1. The van der Waals surface area contributed by atoms with Gasteiger partial charge in [0.25, 0.3) is 0 Å². The van der Waals surface area contributed by atoms with Crippen LogP contribution in [0.15, 0.2) is 0 Å². The summed E-state index contributed by atoms with van der Waals surface area (Å²) >= 11 is 0. The van der Waals surface area contributed by atoms with Gasteiger partial charge in [0.1, 0.15) is 24.5 Å². The molecule has 0 saturated carbocycles. The van der Waals surface area contributed by atoms with Crippen LogP contribution in [0.4, 0.5) is 0 Å². The van der Waals surface area contributed by atoms with Gasteiger partial charge in [0.05, 0.1) is 6.61 Å². The maximum atomic E-state index is 11.5. The van der Waals surface area contributed by atoms with Gasteiger partial charge in [-0.25, -0.2) is 0 Å². The summed E-state index contributed by atoms with van der Waals surface area (Å²) in [5, 5.41) is 33.2. The smallest absolute Gasteiger partial charge is 0.229 e. The number of carbonyl (C=O) groups is 2. The summed E-state index contributed by atoms with van der Waals surface area (Å²) in [7, 11) is 0. The molecule has 8 nitrogen and oxygen atoms in total. The highest BCUT2D eigenvalue weighted by molar-refractivity contribution is 5.94. The van der Waals surface area contributed by atoms with Gasteiger partial charge in [0.2, 0.25) is 11.8 Å². The van der Waals surface area contributed by atoms with E-state index in [2.05, 4.69) is 10.6 Å². The Labute approximate surface area is 117 Å². The van der Waals surface area contributed by atoms with Gasteiger partial charge >= 0.3 is 0 Å². The van der Waals surface area contributed by atoms with Crippen LogP contribution in [0.5, 0.6) is 0 Å². The average Bonchev–Trinajstić information content (AvgIpc) is 2.65. The number of rotatable bonds is 6. The Hall–Kier alpha value is -1.06. The molecule has 5 N–H and O–H groups in total. The third-order valence-electron chi connectivity index (χ3n) is 3.21. The lowest BCUT2D eigenvalue weighted by atomic mass is 10.1. The van der Waals surface area contributed by atoms with Crippen LogP contribution in [0.1, 0.15) is 20.3 Å². The van der Waals surface area contributed by atoms with Gasteiger partial charge in [-0.3, -0.25) is 20.2 Å². The number of ether oxygens (including phenoxy) is 1. The summed E-state index contributed by atoms with van der Waals surface area (Å²) < 4.78 is 5.23. The fourth-order valence-electron chi connectivity index (χ4n) is 1.94. The van der Waals surface area contributed by atoms with Gasteiger partial charge in [-0.05, 0) is 13.0 Å². The molecule has 0 bridgehead atoms. The molecule has 1 heterocycles. The van der Waals surface area contributed by atoms with E-state index in [9.17, 15) is 19.8 Å². The molecule has 1 aliphatic heterocycles. The van der Waals surface area contributed by atoms with Crippen molar-refractivity contribution in [2.75, 3.05) is 13.2 Å². The number of amides is 2. The van der Waals surface area contributed by atoms with E-state index in [1.165, 1.54) is 6.92 Å². The molecule has 1 aliphatic rings. The molecule has 0 aromatic heterocycles. The lowest BCUT2D eigenvalue weighted by molar-refractivity contribution is -0.131. The van der Waals surface area contributed by atoms with Gasteiger partial charge < -0.3 is 20.1 Å². The van der Waals surface area contributed by atoms with Crippen LogP contribution in [0.2, 0.25) is 0 Å².